The molecule has 1 N–H and O–H groups in total. The quantitative estimate of drug-likeness (QED) is 0.561. The number of unbranched alkanes of at least 4 members (excludes halogenated alkanes) is 1. The lowest BCUT2D eigenvalue weighted by atomic mass is 10.1. The molecule has 0 aliphatic carbocycles. The van der Waals surface area contributed by atoms with Gasteiger partial charge in [0, 0.05) is 6.54 Å². The molecule has 0 fully saturated rings. The van der Waals surface area contributed by atoms with E-state index in [0.29, 0.717) is 6.42 Å². The zero-order valence-corrected chi connectivity index (χ0v) is 13.0. The molecule has 1 atom stereocenters. The van der Waals surface area contributed by atoms with E-state index in [4.69, 9.17) is 4.74 Å². The van der Waals surface area contributed by atoms with Gasteiger partial charge in [0.25, 0.3) is 0 Å². The Bertz CT molecular complexity index is 461. The van der Waals surface area contributed by atoms with Crippen molar-refractivity contribution in [1.82, 2.24) is 4.90 Å². The summed E-state index contributed by atoms with van der Waals surface area (Å²) < 4.78 is 17.9. The summed E-state index contributed by atoms with van der Waals surface area (Å²) >= 11 is 0. The normalized spacial score (nSPS) is 11.8. The van der Waals surface area contributed by atoms with E-state index in [1.807, 2.05) is 0 Å². The molecule has 1 rings (SSSR count). The predicted octanol–water partition coefficient (Wildman–Crippen LogP) is 3.50. The van der Waals surface area contributed by atoms with Gasteiger partial charge in [0.05, 0.1) is 19.3 Å². The first-order valence-electron chi connectivity index (χ1n) is 7.52. The Morgan fingerprint density at radius 1 is 1.45 bits per heavy atom. The highest BCUT2D eigenvalue weighted by Crippen LogP contribution is 2.11. The summed E-state index contributed by atoms with van der Waals surface area (Å²) in [5.41, 5.74) is 0.785. The fraction of sp³-hybridized carbons (Fsp3) is 0.471. The lowest BCUT2D eigenvalue weighted by molar-refractivity contribution is 0.0692. The minimum absolute atomic E-state index is 0.188. The van der Waals surface area contributed by atoms with Crippen molar-refractivity contribution < 1.29 is 19.0 Å². The van der Waals surface area contributed by atoms with E-state index in [1.165, 1.54) is 17.0 Å². The number of benzene rings is 1. The van der Waals surface area contributed by atoms with Crippen molar-refractivity contribution in [2.75, 3.05) is 13.2 Å². The minimum atomic E-state index is -0.621. The van der Waals surface area contributed by atoms with Crippen LogP contribution in [0.2, 0.25) is 0 Å². The average molecular weight is 309 g/mol. The Kier molecular flexibility index (Phi) is 8.22. The monoisotopic (exact) mass is 309 g/mol. The van der Waals surface area contributed by atoms with Gasteiger partial charge in [-0.2, -0.15) is 0 Å². The van der Waals surface area contributed by atoms with Gasteiger partial charge in [-0.05, 0) is 43.9 Å². The summed E-state index contributed by atoms with van der Waals surface area (Å²) in [5.74, 6) is -0.323. The fourth-order valence-corrected chi connectivity index (χ4v) is 2.07. The van der Waals surface area contributed by atoms with Gasteiger partial charge in [0.15, 0.2) is 0 Å². The van der Waals surface area contributed by atoms with Gasteiger partial charge in [-0.25, -0.2) is 9.18 Å². The van der Waals surface area contributed by atoms with E-state index in [1.54, 1.807) is 25.1 Å². The summed E-state index contributed by atoms with van der Waals surface area (Å²) in [4.78, 5) is 13.4. The van der Waals surface area contributed by atoms with Crippen LogP contribution in [0.1, 0.15) is 31.7 Å². The van der Waals surface area contributed by atoms with E-state index < -0.39 is 12.2 Å². The Labute approximate surface area is 131 Å². The molecule has 22 heavy (non-hydrogen) atoms. The van der Waals surface area contributed by atoms with Crippen LogP contribution in [-0.2, 0) is 11.3 Å². The molecule has 0 heterocycles. The second-order valence-corrected chi connectivity index (χ2v) is 5.08. The molecule has 0 radical (unpaired) electrons. The number of carbonyl (C=O) groups is 1. The van der Waals surface area contributed by atoms with E-state index in [-0.39, 0.29) is 25.5 Å². The number of aliphatic hydroxyl groups is 1. The Hall–Kier alpha value is -1.88. The van der Waals surface area contributed by atoms with Crippen LogP contribution in [0.5, 0.6) is 0 Å². The van der Waals surface area contributed by atoms with Crippen molar-refractivity contribution in [1.29, 1.82) is 0 Å². The van der Waals surface area contributed by atoms with Crippen molar-refractivity contribution in [2.24, 2.45) is 0 Å². The smallest absolute Gasteiger partial charge is 0.410 e. The molecule has 1 aromatic carbocycles. The first kappa shape index (κ1) is 18.2. The van der Waals surface area contributed by atoms with Crippen molar-refractivity contribution in [3.8, 4) is 0 Å². The van der Waals surface area contributed by atoms with Gasteiger partial charge in [-0.15, -0.1) is 6.58 Å². The van der Waals surface area contributed by atoms with Crippen LogP contribution in [0.4, 0.5) is 9.18 Å². The number of ether oxygens (including phenoxy) is 1. The standard InChI is InChI=1S/C17H24FNO3/c1-3-5-6-7-16(20)13-19(17(21)22-4-2)12-14-8-10-15(18)11-9-14/h3,8-11,16,20H,1,4-7,12-13H2,2H3. The molecule has 0 bridgehead atoms. The van der Waals surface area contributed by atoms with E-state index in [9.17, 15) is 14.3 Å². The second kappa shape index (κ2) is 9.95. The van der Waals surface area contributed by atoms with Gasteiger partial charge < -0.3 is 14.7 Å². The molecule has 1 amide bonds. The molecule has 0 aliphatic heterocycles. The van der Waals surface area contributed by atoms with Gasteiger partial charge in [0.2, 0.25) is 0 Å². The summed E-state index contributed by atoms with van der Waals surface area (Å²) in [6.45, 7) is 6.10. The molecular formula is C17H24FNO3. The number of nitrogens with zero attached hydrogens (tertiary/aromatic N) is 1. The number of hydrogen-bond acceptors (Lipinski definition) is 3. The molecule has 0 saturated heterocycles. The molecule has 122 valence electrons. The number of rotatable bonds is 9. The number of aliphatic hydroxyl groups excluding tert-OH is 1. The van der Waals surface area contributed by atoms with Gasteiger partial charge >= 0.3 is 6.09 Å². The van der Waals surface area contributed by atoms with E-state index in [2.05, 4.69) is 6.58 Å². The zero-order chi connectivity index (χ0) is 16.4. The zero-order valence-electron chi connectivity index (χ0n) is 13.0. The van der Waals surface area contributed by atoms with Crippen LogP contribution >= 0.6 is 0 Å². The molecule has 4 nitrogen and oxygen atoms in total. The molecule has 0 spiro atoms. The van der Waals surface area contributed by atoms with Crippen LogP contribution < -0.4 is 0 Å². The van der Waals surface area contributed by atoms with Crippen molar-refractivity contribution >= 4 is 6.09 Å². The number of halogens is 1. The molecule has 0 aromatic heterocycles. The topological polar surface area (TPSA) is 49.8 Å². The van der Waals surface area contributed by atoms with Crippen molar-refractivity contribution in [2.45, 2.75) is 38.8 Å². The van der Waals surface area contributed by atoms with E-state index in [0.717, 1.165) is 18.4 Å². The lowest BCUT2D eigenvalue weighted by Gasteiger charge is -2.24. The Morgan fingerprint density at radius 3 is 2.73 bits per heavy atom. The maximum absolute atomic E-state index is 12.9. The number of carbonyl (C=O) groups excluding carboxylic acids is 1. The summed E-state index contributed by atoms with van der Waals surface area (Å²) in [5, 5.41) is 10.0. The Morgan fingerprint density at radius 2 is 2.14 bits per heavy atom. The highest BCUT2D eigenvalue weighted by Gasteiger charge is 2.18. The maximum atomic E-state index is 12.9. The average Bonchev–Trinajstić information content (AvgIpc) is 2.49. The number of allylic oxidation sites excluding steroid dienone is 1. The third-order valence-electron chi connectivity index (χ3n) is 3.19. The number of hydrogen-bond donors (Lipinski definition) is 1. The van der Waals surface area contributed by atoms with Gasteiger partial charge in [-0.1, -0.05) is 18.2 Å². The van der Waals surface area contributed by atoms with Gasteiger partial charge in [-0.3, -0.25) is 0 Å². The Balaban J connectivity index is 2.64. The summed E-state index contributed by atoms with van der Waals surface area (Å²) in [7, 11) is 0. The molecule has 5 heteroatoms. The minimum Gasteiger partial charge on any atom is -0.450 e. The van der Waals surface area contributed by atoms with Crippen molar-refractivity contribution in [3.63, 3.8) is 0 Å². The molecule has 0 saturated carbocycles. The van der Waals surface area contributed by atoms with Crippen LogP contribution in [0.25, 0.3) is 0 Å². The first-order chi connectivity index (χ1) is 10.6. The predicted molar refractivity (Wildman–Crippen MR) is 83.9 cm³/mol. The van der Waals surface area contributed by atoms with Crippen molar-refractivity contribution in [3.05, 3.63) is 48.3 Å². The van der Waals surface area contributed by atoms with Gasteiger partial charge in [0.1, 0.15) is 5.82 Å². The highest BCUT2D eigenvalue weighted by molar-refractivity contribution is 5.67. The molecular weight excluding hydrogens is 285 g/mol. The summed E-state index contributed by atoms with van der Waals surface area (Å²) in [6, 6.07) is 5.93. The maximum Gasteiger partial charge on any atom is 0.410 e. The SMILES string of the molecule is C=CCCCC(O)CN(Cc1ccc(F)cc1)C(=O)OCC. The third-order valence-corrected chi connectivity index (χ3v) is 3.19. The van der Waals surface area contributed by atoms with Crippen LogP contribution in [0.3, 0.4) is 0 Å². The van der Waals surface area contributed by atoms with E-state index >= 15 is 0 Å². The van der Waals surface area contributed by atoms with Crippen LogP contribution in [0, 0.1) is 5.82 Å². The largest absolute Gasteiger partial charge is 0.450 e. The summed E-state index contributed by atoms with van der Waals surface area (Å²) in [6.07, 6.45) is 2.94. The first-order valence-corrected chi connectivity index (χ1v) is 7.52. The molecule has 1 unspecified atom stereocenters. The fourth-order valence-electron chi connectivity index (χ4n) is 2.07. The lowest BCUT2D eigenvalue weighted by Crippen LogP contribution is -2.37. The third kappa shape index (κ3) is 6.72. The second-order valence-electron chi connectivity index (χ2n) is 5.08. The number of amides is 1. The highest BCUT2D eigenvalue weighted by atomic mass is 19.1. The van der Waals surface area contributed by atoms with Crippen LogP contribution in [0.15, 0.2) is 36.9 Å². The molecule has 1 aromatic rings. The molecule has 0 aliphatic rings. The van der Waals surface area contributed by atoms with Crippen LogP contribution in [-0.4, -0.2) is 35.4 Å².